The van der Waals surface area contributed by atoms with Crippen LogP contribution >= 0.6 is 23.4 Å². The van der Waals surface area contributed by atoms with E-state index in [2.05, 4.69) is 15.7 Å². The smallest absolute Gasteiger partial charge is 0.255 e. The Hall–Kier alpha value is -3.62. The van der Waals surface area contributed by atoms with Crippen LogP contribution in [0.1, 0.15) is 30.1 Å². The number of rotatable bonds is 7. The highest BCUT2D eigenvalue weighted by Gasteiger charge is 2.28. The van der Waals surface area contributed by atoms with Crippen molar-refractivity contribution in [1.29, 1.82) is 0 Å². The van der Waals surface area contributed by atoms with E-state index in [0.29, 0.717) is 34.2 Å². The zero-order chi connectivity index (χ0) is 24.8. The minimum atomic E-state index is -0.405. The molecule has 0 spiro atoms. The van der Waals surface area contributed by atoms with Gasteiger partial charge in [-0.2, -0.15) is 10.1 Å². The summed E-state index contributed by atoms with van der Waals surface area (Å²) in [5.41, 5.74) is 1.72. The topological polar surface area (TPSA) is 90.9 Å². The number of thioether (sulfide) groups is 1. The third kappa shape index (κ3) is 6.29. The fraction of sp³-hybridized carbons (Fsp3) is 0.154. The summed E-state index contributed by atoms with van der Waals surface area (Å²) in [7, 11) is 0. The summed E-state index contributed by atoms with van der Waals surface area (Å²) in [5.74, 6) is -0.376. The summed E-state index contributed by atoms with van der Waals surface area (Å²) in [4.78, 5) is 38.6. The molecule has 0 saturated heterocycles. The van der Waals surface area contributed by atoms with Gasteiger partial charge in [-0.15, -0.1) is 11.8 Å². The van der Waals surface area contributed by atoms with Crippen molar-refractivity contribution in [2.45, 2.75) is 29.9 Å². The van der Waals surface area contributed by atoms with Crippen molar-refractivity contribution >= 4 is 58.3 Å². The van der Waals surface area contributed by atoms with Gasteiger partial charge in [-0.3, -0.25) is 14.4 Å². The first kappa shape index (κ1) is 24.5. The van der Waals surface area contributed by atoms with E-state index in [-0.39, 0.29) is 24.1 Å². The molecule has 0 aliphatic carbocycles. The summed E-state index contributed by atoms with van der Waals surface area (Å²) in [6.07, 6.45) is 0.603. The van der Waals surface area contributed by atoms with Crippen LogP contribution in [0.2, 0.25) is 5.02 Å². The van der Waals surface area contributed by atoms with E-state index < -0.39 is 5.25 Å². The lowest BCUT2D eigenvalue weighted by molar-refractivity contribution is -0.119. The maximum absolute atomic E-state index is 12.9. The van der Waals surface area contributed by atoms with Gasteiger partial charge in [0.1, 0.15) is 5.84 Å². The Bertz CT molecular complexity index is 1280. The van der Waals surface area contributed by atoms with Crippen LogP contribution in [0.25, 0.3) is 0 Å². The molecule has 1 unspecified atom stereocenters. The SMILES string of the molecule is CCC(Sc1cccc(NC(=O)c2cccc(Cl)c2)c1)C(=O)NC1=NN(c2ccccc2)C(=O)C1. The molecule has 0 saturated carbocycles. The predicted octanol–water partition coefficient (Wildman–Crippen LogP) is 5.33. The van der Waals surface area contributed by atoms with Gasteiger partial charge in [0.2, 0.25) is 5.91 Å². The first-order valence-corrected chi connectivity index (χ1v) is 12.3. The van der Waals surface area contributed by atoms with Crippen LogP contribution in [0.4, 0.5) is 11.4 Å². The normalized spacial score (nSPS) is 13.8. The molecule has 7 nitrogen and oxygen atoms in total. The molecule has 3 aromatic carbocycles. The minimum absolute atomic E-state index is 0.0345. The third-order valence-electron chi connectivity index (χ3n) is 5.16. The largest absolute Gasteiger partial charge is 0.322 e. The Kier molecular flexibility index (Phi) is 7.84. The molecular formula is C26H23ClN4O3S. The van der Waals surface area contributed by atoms with Gasteiger partial charge in [-0.05, 0) is 55.0 Å². The number of hydrogen-bond donors (Lipinski definition) is 2. The molecule has 1 heterocycles. The number of anilines is 2. The van der Waals surface area contributed by atoms with Crippen molar-refractivity contribution in [2.24, 2.45) is 5.10 Å². The van der Waals surface area contributed by atoms with Crippen molar-refractivity contribution in [3.05, 3.63) is 89.4 Å². The highest BCUT2D eigenvalue weighted by atomic mass is 35.5. The molecule has 1 aliphatic rings. The fourth-order valence-electron chi connectivity index (χ4n) is 3.46. The Morgan fingerprint density at radius 1 is 1.03 bits per heavy atom. The van der Waals surface area contributed by atoms with Crippen LogP contribution in [0.15, 0.2) is 88.9 Å². The fourth-order valence-corrected chi connectivity index (χ4v) is 4.66. The molecule has 2 N–H and O–H groups in total. The van der Waals surface area contributed by atoms with Gasteiger partial charge in [-0.25, -0.2) is 0 Å². The highest BCUT2D eigenvalue weighted by Crippen LogP contribution is 2.28. The Morgan fingerprint density at radius 3 is 2.54 bits per heavy atom. The van der Waals surface area contributed by atoms with Gasteiger partial charge in [0.25, 0.3) is 11.8 Å². The minimum Gasteiger partial charge on any atom is -0.322 e. The van der Waals surface area contributed by atoms with Crippen LogP contribution < -0.4 is 15.6 Å². The van der Waals surface area contributed by atoms with Gasteiger partial charge in [-0.1, -0.05) is 48.9 Å². The lowest BCUT2D eigenvalue weighted by atomic mass is 10.2. The maximum atomic E-state index is 12.9. The van der Waals surface area contributed by atoms with Crippen LogP contribution in [0.5, 0.6) is 0 Å². The molecule has 4 rings (SSSR count). The van der Waals surface area contributed by atoms with Crippen molar-refractivity contribution in [3.63, 3.8) is 0 Å². The van der Waals surface area contributed by atoms with Crippen LogP contribution in [-0.2, 0) is 9.59 Å². The number of nitrogens with zero attached hydrogens (tertiary/aromatic N) is 2. The predicted molar refractivity (Wildman–Crippen MR) is 140 cm³/mol. The van der Waals surface area contributed by atoms with E-state index in [1.165, 1.54) is 16.8 Å². The van der Waals surface area contributed by atoms with Crippen LogP contribution in [-0.4, -0.2) is 28.8 Å². The Labute approximate surface area is 212 Å². The van der Waals surface area contributed by atoms with Gasteiger partial charge in [0.05, 0.1) is 17.4 Å². The standard InChI is InChI=1S/C26H23ClN4O3S/c1-2-22(26(34)29-23-16-24(32)31(30-23)20-11-4-3-5-12-20)35-21-13-7-10-19(15-21)28-25(33)17-8-6-9-18(27)14-17/h3-15,22H,2,16H2,1H3,(H,28,33)(H,29,30,34). The number of amidine groups is 1. The number of para-hydroxylation sites is 1. The highest BCUT2D eigenvalue weighted by molar-refractivity contribution is 8.00. The first-order chi connectivity index (χ1) is 16.9. The van der Waals surface area contributed by atoms with Gasteiger partial charge < -0.3 is 10.6 Å². The zero-order valence-electron chi connectivity index (χ0n) is 18.9. The number of nitrogens with one attached hydrogen (secondary N) is 2. The van der Waals surface area contributed by atoms with E-state index in [9.17, 15) is 14.4 Å². The third-order valence-corrected chi connectivity index (χ3v) is 6.76. The monoisotopic (exact) mass is 506 g/mol. The number of benzene rings is 3. The van der Waals surface area contributed by atoms with E-state index in [1.807, 2.05) is 43.3 Å². The average molecular weight is 507 g/mol. The quantitative estimate of drug-likeness (QED) is 0.424. The maximum Gasteiger partial charge on any atom is 0.255 e. The van der Waals surface area contributed by atoms with Crippen molar-refractivity contribution < 1.29 is 14.4 Å². The van der Waals surface area contributed by atoms with Crippen LogP contribution in [0.3, 0.4) is 0 Å². The molecule has 0 bridgehead atoms. The second kappa shape index (κ2) is 11.2. The molecule has 1 aliphatic heterocycles. The molecular weight excluding hydrogens is 484 g/mol. The van der Waals surface area contributed by atoms with Gasteiger partial charge in [0.15, 0.2) is 0 Å². The first-order valence-electron chi connectivity index (χ1n) is 11.0. The summed E-state index contributed by atoms with van der Waals surface area (Å²) in [5, 5.41) is 11.3. The van der Waals surface area contributed by atoms with E-state index in [1.54, 1.807) is 42.5 Å². The van der Waals surface area contributed by atoms with Crippen molar-refractivity contribution in [1.82, 2.24) is 5.32 Å². The summed E-state index contributed by atoms with van der Waals surface area (Å²) >= 11 is 7.36. The van der Waals surface area contributed by atoms with Crippen molar-refractivity contribution in [2.75, 3.05) is 10.3 Å². The summed E-state index contributed by atoms with van der Waals surface area (Å²) in [6, 6.07) is 23.1. The molecule has 0 aromatic heterocycles. The van der Waals surface area contributed by atoms with E-state index >= 15 is 0 Å². The average Bonchev–Trinajstić information content (AvgIpc) is 3.23. The summed E-state index contributed by atoms with van der Waals surface area (Å²) in [6.45, 7) is 1.92. The van der Waals surface area contributed by atoms with Crippen LogP contribution in [0, 0.1) is 0 Å². The number of halogens is 1. The number of amides is 3. The van der Waals surface area contributed by atoms with Gasteiger partial charge >= 0.3 is 0 Å². The molecule has 3 amide bonds. The number of carbonyl (C=O) groups is 3. The molecule has 178 valence electrons. The second-order valence-corrected chi connectivity index (χ2v) is 9.47. The lowest BCUT2D eigenvalue weighted by Crippen LogP contribution is -2.36. The molecule has 0 radical (unpaired) electrons. The van der Waals surface area contributed by atoms with E-state index in [0.717, 1.165) is 4.90 Å². The Balaban J connectivity index is 1.40. The lowest BCUT2D eigenvalue weighted by Gasteiger charge is -2.15. The number of carbonyl (C=O) groups excluding carboxylic acids is 3. The number of hydrazone groups is 1. The Morgan fingerprint density at radius 2 is 1.80 bits per heavy atom. The zero-order valence-corrected chi connectivity index (χ0v) is 20.5. The molecule has 35 heavy (non-hydrogen) atoms. The van der Waals surface area contributed by atoms with Gasteiger partial charge in [0, 0.05) is 21.2 Å². The molecule has 1 atom stereocenters. The molecule has 3 aromatic rings. The molecule has 9 heteroatoms. The second-order valence-electron chi connectivity index (χ2n) is 7.76. The number of hydrogen-bond acceptors (Lipinski definition) is 5. The van der Waals surface area contributed by atoms with E-state index in [4.69, 9.17) is 11.6 Å². The summed E-state index contributed by atoms with van der Waals surface area (Å²) < 4.78 is 0. The van der Waals surface area contributed by atoms with Crippen molar-refractivity contribution in [3.8, 4) is 0 Å². The molecule has 0 fully saturated rings.